The summed E-state index contributed by atoms with van der Waals surface area (Å²) in [4.78, 5) is 16.0. The number of benzene rings is 2. The number of methoxy groups -OCH3 is 2. The molecule has 0 aliphatic heterocycles. The van der Waals surface area contributed by atoms with Crippen molar-refractivity contribution in [2.24, 2.45) is 0 Å². The number of anilines is 2. The van der Waals surface area contributed by atoms with Crippen LogP contribution in [0.1, 0.15) is 27.2 Å². The second-order valence-corrected chi connectivity index (χ2v) is 15.7. The fourth-order valence-corrected chi connectivity index (χ4v) is 5.03. The SMILES string of the molecule is COc1cc(OC)cc(N(CCCO[Si](C)(C)C(C)(C)C)c2ccc3ncc(-c4cccnc4)nc3c2)c1. The first kappa shape index (κ1) is 27.5. The zero-order chi connectivity index (χ0) is 27.3. The first-order valence-corrected chi connectivity index (χ1v) is 15.8. The minimum atomic E-state index is -1.82. The van der Waals surface area contributed by atoms with E-state index in [0.29, 0.717) is 6.61 Å². The van der Waals surface area contributed by atoms with Crippen LogP contribution in [0.5, 0.6) is 11.5 Å². The van der Waals surface area contributed by atoms with Crippen LogP contribution in [0.25, 0.3) is 22.3 Å². The number of rotatable bonds is 10. The Bertz CT molecular complexity index is 1350. The van der Waals surface area contributed by atoms with E-state index in [1.807, 2.05) is 36.4 Å². The van der Waals surface area contributed by atoms with Crippen molar-refractivity contribution in [2.45, 2.75) is 45.3 Å². The van der Waals surface area contributed by atoms with E-state index in [1.165, 1.54) is 0 Å². The molecule has 2 heterocycles. The maximum atomic E-state index is 6.48. The van der Waals surface area contributed by atoms with Gasteiger partial charge in [0.25, 0.3) is 0 Å². The molecule has 0 N–H and O–H groups in total. The molecule has 2 aromatic carbocycles. The summed E-state index contributed by atoms with van der Waals surface area (Å²) in [6, 6.07) is 16.0. The van der Waals surface area contributed by atoms with Crippen molar-refractivity contribution in [1.82, 2.24) is 15.0 Å². The van der Waals surface area contributed by atoms with E-state index in [4.69, 9.17) is 18.9 Å². The quantitative estimate of drug-likeness (QED) is 0.158. The zero-order valence-corrected chi connectivity index (χ0v) is 24.5. The molecule has 2 aromatic heterocycles. The number of pyridine rings is 1. The molecule has 0 fully saturated rings. The third-order valence-electron chi connectivity index (χ3n) is 7.24. The molecule has 200 valence electrons. The molecule has 7 nitrogen and oxygen atoms in total. The van der Waals surface area contributed by atoms with Crippen molar-refractivity contribution < 1.29 is 13.9 Å². The molecule has 0 aliphatic carbocycles. The third kappa shape index (κ3) is 6.31. The van der Waals surface area contributed by atoms with Crippen molar-refractivity contribution in [3.63, 3.8) is 0 Å². The van der Waals surface area contributed by atoms with Crippen LogP contribution in [0.15, 0.2) is 67.1 Å². The molecule has 0 radical (unpaired) electrons. The molecule has 0 spiro atoms. The number of aromatic nitrogens is 3. The van der Waals surface area contributed by atoms with E-state index in [-0.39, 0.29) is 5.04 Å². The van der Waals surface area contributed by atoms with Crippen LogP contribution in [0.4, 0.5) is 11.4 Å². The predicted molar refractivity (Wildman–Crippen MR) is 157 cm³/mol. The molecule has 0 atom stereocenters. The smallest absolute Gasteiger partial charge is 0.191 e. The van der Waals surface area contributed by atoms with Gasteiger partial charge in [0.2, 0.25) is 0 Å². The van der Waals surface area contributed by atoms with Gasteiger partial charge in [-0.25, -0.2) is 4.98 Å². The summed E-state index contributed by atoms with van der Waals surface area (Å²) in [6.45, 7) is 12.8. The van der Waals surface area contributed by atoms with E-state index < -0.39 is 8.32 Å². The minimum Gasteiger partial charge on any atom is -0.497 e. The van der Waals surface area contributed by atoms with Gasteiger partial charge in [0.1, 0.15) is 11.5 Å². The van der Waals surface area contributed by atoms with Crippen LogP contribution in [-0.4, -0.2) is 50.6 Å². The Morgan fingerprint density at radius 3 is 2.24 bits per heavy atom. The van der Waals surface area contributed by atoms with Crippen molar-refractivity contribution in [2.75, 3.05) is 32.3 Å². The van der Waals surface area contributed by atoms with Crippen LogP contribution in [0.2, 0.25) is 18.1 Å². The highest BCUT2D eigenvalue weighted by molar-refractivity contribution is 6.74. The van der Waals surface area contributed by atoms with Gasteiger partial charge in [0, 0.05) is 60.7 Å². The van der Waals surface area contributed by atoms with Gasteiger partial charge in [0.05, 0.1) is 37.1 Å². The Balaban J connectivity index is 1.68. The van der Waals surface area contributed by atoms with Crippen LogP contribution in [0, 0.1) is 0 Å². The maximum Gasteiger partial charge on any atom is 0.191 e. The zero-order valence-electron chi connectivity index (χ0n) is 23.5. The highest BCUT2D eigenvalue weighted by Crippen LogP contribution is 2.37. The molecule has 0 bridgehead atoms. The van der Waals surface area contributed by atoms with Crippen LogP contribution < -0.4 is 14.4 Å². The first-order valence-electron chi connectivity index (χ1n) is 12.9. The van der Waals surface area contributed by atoms with Crippen molar-refractivity contribution in [3.8, 4) is 22.8 Å². The van der Waals surface area contributed by atoms with Crippen LogP contribution in [-0.2, 0) is 4.43 Å². The van der Waals surface area contributed by atoms with E-state index in [1.54, 1.807) is 32.8 Å². The third-order valence-corrected chi connectivity index (χ3v) is 11.8. The largest absolute Gasteiger partial charge is 0.497 e. The van der Waals surface area contributed by atoms with Gasteiger partial charge in [0.15, 0.2) is 8.32 Å². The summed E-state index contributed by atoms with van der Waals surface area (Å²) in [6.07, 6.45) is 6.22. The van der Waals surface area contributed by atoms with Crippen molar-refractivity contribution >= 4 is 30.7 Å². The highest BCUT2D eigenvalue weighted by atomic mass is 28.4. The van der Waals surface area contributed by atoms with Gasteiger partial charge in [-0.05, 0) is 54.9 Å². The van der Waals surface area contributed by atoms with Gasteiger partial charge < -0.3 is 18.8 Å². The fourth-order valence-electron chi connectivity index (χ4n) is 3.94. The normalized spacial score (nSPS) is 12.0. The summed E-state index contributed by atoms with van der Waals surface area (Å²) in [7, 11) is 1.51. The summed E-state index contributed by atoms with van der Waals surface area (Å²) in [5.74, 6) is 1.47. The molecule has 8 heteroatoms. The van der Waals surface area contributed by atoms with Gasteiger partial charge in [-0.3, -0.25) is 9.97 Å². The number of hydrogen-bond donors (Lipinski definition) is 0. The van der Waals surface area contributed by atoms with Gasteiger partial charge >= 0.3 is 0 Å². The molecule has 0 amide bonds. The van der Waals surface area contributed by atoms with Gasteiger partial charge in [-0.1, -0.05) is 20.8 Å². The lowest BCUT2D eigenvalue weighted by Crippen LogP contribution is -2.41. The number of nitrogens with zero attached hydrogens (tertiary/aromatic N) is 4. The lowest BCUT2D eigenvalue weighted by atomic mass is 10.1. The Hall–Kier alpha value is -3.49. The first-order chi connectivity index (χ1) is 18.1. The summed E-state index contributed by atoms with van der Waals surface area (Å²) < 4.78 is 17.6. The Labute approximate surface area is 227 Å². The van der Waals surface area contributed by atoms with Crippen molar-refractivity contribution in [3.05, 3.63) is 67.1 Å². The molecule has 0 aliphatic rings. The van der Waals surface area contributed by atoms with Gasteiger partial charge in [-0.2, -0.15) is 0 Å². The van der Waals surface area contributed by atoms with Crippen LogP contribution >= 0.6 is 0 Å². The second-order valence-electron chi connectivity index (χ2n) is 10.9. The molecule has 38 heavy (non-hydrogen) atoms. The highest BCUT2D eigenvalue weighted by Gasteiger charge is 2.36. The fraction of sp³-hybridized carbons (Fsp3) is 0.367. The Morgan fingerprint density at radius 1 is 0.868 bits per heavy atom. The topological polar surface area (TPSA) is 69.6 Å². The number of hydrogen-bond acceptors (Lipinski definition) is 7. The molecule has 0 saturated carbocycles. The Morgan fingerprint density at radius 2 is 1.61 bits per heavy atom. The standard InChI is InChI=1S/C30H38N4O3Si/c1-30(2,3)38(6,7)37-15-9-14-34(24-16-25(35-4)19-26(17-24)36-5)23-11-12-27-28(18-23)33-29(21-32-27)22-10-8-13-31-20-22/h8,10-13,16-21H,9,14-15H2,1-7H3. The molecule has 4 aromatic rings. The average Bonchev–Trinajstić information content (AvgIpc) is 2.92. The van der Waals surface area contributed by atoms with E-state index in [0.717, 1.165) is 58.1 Å². The summed E-state index contributed by atoms with van der Waals surface area (Å²) in [5, 5.41) is 0.176. The molecular formula is C30H38N4O3Si. The lowest BCUT2D eigenvalue weighted by Gasteiger charge is -2.36. The predicted octanol–water partition coefficient (Wildman–Crippen LogP) is 7.26. The monoisotopic (exact) mass is 530 g/mol. The second kappa shape index (κ2) is 11.5. The van der Waals surface area contributed by atoms with Crippen LogP contribution in [0.3, 0.4) is 0 Å². The summed E-state index contributed by atoms with van der Waals surface area (Å²) in [5.41, 5.74) is 5.37. The molecular weight excluding hydrogens is 492 g/mol. The lowest BCUT2D eigenvalue weighted by molar-refractivity contribution is 0.284. The van der Waals surface area contributed by atoms with Crippen molar-refractivity contribution in [1.29, 1.82) is 0 Å². The van der Waals surface area contributed by atoms with Gasteiger partial charge in [-0.15, -0.1) is 0 Å². The molecule has 4 rings (SSSR count). The number of ether oxygens (including phenoxy) is 2. The molecule has 0 unspecified atom stereocenters. The van der Waals surface area contributed by atoms with E-state index in [2.05, 4.69) is 60.9 Å². The molecule has 0 saturated heterocycles. The summed E-state index contributed by atoms with van der Waals surface area (Å²) >= 11 is 0. The van der Waals surface area contributed by atoms with E-state index in [9.17, 15) is 0 Å². The maximum absolute atomic E-state index is 6.48. The van der Waals surface area contributed by atoms with E-state index >= 15 is 0 Å². The average molecular weight is 531 g/mol. The number of fused-ring (bicyclic) bond motifs is 1. The Kier molecular flexibility index (Phi) is 8.33. The minimum absolute atomic E-state index is 0.176.